The van der Waals surface area contributed by atoms with E-state index in [1.165, 1.54) is 0 Å². The Hall–Kier alpha value is -2.25. The third kappa shape index (κ3) is 4.85. The van der Waals surface area contributed by atoms with E-state index in [0.29, 0.717) is 24.9 Å². The normalized spacial score (nSPS) is 19.3. The monoisotopic (exact) mass is 420 g/mol. The number of piperidine rings is 1. The highest BCUT2D eigenvalue weighted by molar-refractivity contribution is 5.92. The van der Waals surface area contributed by atoms with Crippen molar-refractivity contribution in [1.29, 1.82) is 0 Å². The van der Waals surface area contributed by atoms with Crippen LogP contribution in [0, 0.1) is 5.92 Å². The minimum Gasteiger partial charge on any atom is -0.486 e. The molecule has 2 aliphatic rings. The van der Waals surface area contributed by atoms with Gasteiger partial charge >= 0.3 is 0 Å². The largest absolute Gasteiger partial charge is 0.486 e. The van der Waals surface area contributed by atoms with Gasteiger partial charge in [-0.15, -0.1) is 12.4 Å². The Kier molecular flexibility index (Phi) is 7.03. The Labute approximate surface area is 177 Å². The zero-order valence-electron chi connectivity index (χ0n) is 16.9. The molecular weight excluding hydrogens is 392 g/mol. The quantitative estimate of drug-likeness (QED) is 0.777. The number of ether oxygens (including phenoxy) is 2. The standard InChI is InChI=1S/C21H28N4O3.ClH/c1-14(2)20(15-5-6-18-19(12-15)28-11-10-27-18)23-21(26)17-7-9-25(24-17)16-4-3-8-22-13-16;/h5-7,9,12,14,16,20,22H,3-4,8,10-11,13H2,1-2H3,(H,23,26);1H. The highest BCUT2D eigenvalue weighted by Gasteiger charge is 2.24. The second kappa shape index (κ2) is 9.50. The fourth-order valence-electron chi connectivity index (χ4n) is 3.83. The zero-order valence-corrected chi connectivity index (χ0v) is 17.7. The van der Waals surface area contributed by atoms with Crippen molar-refractivity contribution in [3.63, 3.8) is 0 Å². The number of rotatable bonds is 5. The second-order valence-electron chi connectivity index (χ2n) is 7.78. The Bertz CT molecular complexity index is 833. The van der Waals surface area contributed by atoms with E-state index in [0.717, 1.165) is 43.0 Å². The number of hydrogen-bond acceptors (Lipinski definition) is 5. The van der Waals surface area contributed by atoms with Crippen LogP contribution in [0.5, 0.6) is 11.5 Å². The van der Waals surface area contributed by atoms with Gasteiger partial charge in [0, 0.05) is 12.7 Å². The van der Waals surface area contributed by atoms with E-state index in [1.807, 2.05) is 29.1 Å². The van der Waals surface area contributed by atoms with Crippen molar-refractivity contribution in [2.45, 2.75) is 38.8 Å². The molecule has 2 atom stereocenters. The molecule has 8 heteroatoms. The summed E-state index contributed by atoms with van der Waals surface area (Å²) in [5.74, 6) is 1.55. The SMILES string of the molecule is CC(C)C(NC(=O)c1ccn(C2CCCNC2)n1)c1ccc2c(c1)OCCO2.Cl. The van der Waals surface area contributed by atoms with E-state index in [4.69, 9.17) is 9.47 Å². The smallest absolute Gasteiger partial charge is 0.272 e. The lowest BCUT2D eigenvalue weighted by Gasteiger charge is -2.25. The number of benzene rings is 1. The molecule has 0 aliphatic carbocycles. The van der Waals surface area contributed by atoms with Gasteiger partial charge in [-0.05, 0) is 49.1 Å². The van der Waals surface area contributed by atoms with E-state index in [-0.39, 0.29) is 30.3 Å². The molecule has 29 heavy (non-hydrogen) atoms. The van der Waals surface area contributed by atoms with E-state index in [2.05, 4.69) is 29.6 Å². The molecule has 2 aromatic rings. The lowest BCUT2D eigenvalue weighted by Crippen LogP contribution is -2.33. The van der Waals surface area contributed by atoms with Gasteiger partial charge in [0.25, 0.3) is 5.91 Å². The van der Waals surface area contributed by atoms with E-state index < -0.39 is 0 Å². The van der Waals surface area contributed by atoms with Crippen LogP contribution in [0.15, 0.2) is 30.5 Å². The number of carbonyl (C=O) groups excluding carboxylic acids is 1. The van der Waals surface area contributed by atoms with Crippen LogP contribution in [-0.2, 0) is 0 Å². The van der Waals surface area contributed by atoms with Crippen LogP contribution in [-0.4, -0.2) is 42.0 Å². The Morgan fingerprint density at radius 2 is 2.03 bits per heavy atom. The highest BCUT2D eigenvalue weighted by Crippen LogP contribution is 2.34. The summed E-state index contributed by atoms with van der Waals surface area (Å²) in [6.45, 7) is 7.24. The average Bonchev–Trinajstić information content (AvgIpc) is 3.22. The predicted octanol–water partition coefficient (Wildman–Crippen LogP) is 3.13. The molecule has 1 saturated heterocycles. The summed E-state index contributed by atoms with van der Waals surface area (Å²) in [6.07, 6.45) is 4.12. The number of carbonyl (C=O) groups is 1. The van der Waals surface area contributed by atoms with E-state index in [9.17, 15) is 4.79 Å². The summed E-state index contributed by atoms with van der Waals surface area (Å²) in [5.41, 5.74) is 1.46. The van der Waals surface area contributed by atoms with Crippen molar-refractivity contribution in [2.24, 2.45) is 5.92 Å². The predicted molar refractivity (Wildman–Crippen MR) is 113 cm³/mol. The van der Waals surface area contributed by atoms with Gasteiger partial charge in [-0.25, -0.2) is 0 Å². The molecule has 7 nitrogen and oxygen atoms in total. The molecule has 3 heterocycles. The minimum absolute atomic E-state index is 0. The second-order valence-corrected chi connectivity index (χ2v) is 7.78. The molecule has 0 saturated carbocycles. The molecule has 4 rings (SSSR count). The highest BCUT2D eigenvalue weighted by atomic mass is 35.5. The minimum atomic E-state index is -0.156. The van der Waals surface area contributed by atoms with Gasteiger partial charge in [-0.3, -0.25) is 9.48 Å². The summed E-state index contributed by atoms with van der Waals surface area (Å²) < 4.78 is 13.2. The average molecular weight is 421 g/mol. The molecule has 2 unspecified atom stereocenters. The van der Waals surface area contributed by atoms with Gasteiger partial charge < -0.3 is 20.1 Å². The van der Waals surface area contributed by atoms with Crippen molar-refractivity contribution in [3.05, 3.63) is 41.7 Å². The van der Waals surface area contributed by atoms with Crippen LogP contribution >= 0.6 is 12.4 Å². The zero-order chi connectivity index (χ0) is 19.5. The van der Waals surface area contributed by atoms with Crippen molar-refractivity contribution >= 4 is 18.3 Å². The van der Waals surface area contributed by atoms with Gasteiger partial charge in [0.15, 0.2) is 11.5 Å². The van der Waals surface area contributed by atoms with Gasteiger partial charge in [-0.2, -0.15) is 5.10 Å². The van der Waals surface area contributed by atoms with Crippen molar-refractivity contribution in [2.75, 3.05) is 26.3 Å². The summed E-state index contributed by atoms with van der Waals surface area (Å²) in [5, 5.41) is 11.1. The van der Waals surface area contributed by atoms with Crippen molar-refractivity contribution in [3.8, 4) is 11.5 Å². The Morgan fingerprint density at radius 3 is 2.76 bits per heavy atom. The first-order valence-electron chi connectivity index (χ1n) is 10.1. The van der Waals surface area contributed by atoms with Crippen LogP contribution in [0.2, 0.25) is 0 Å². The molecule has 1 aromatic carbocycles. The van der Waals surface area contributed by atoms with Crippen LogP contribution in [0.1, 0.15) is 54.8 Å². The maximum absolute atomic E-state index is 12.9. The number of amides is 1. The van der Waals surface area contributed by atoms with Crippen LogP contribution < -0.4 is 20.1 Å². The third-order valence-corrected chi connectivity index (χ3v) is 5.36. The molecule has 1 aromatic heterocycles. The summed E-state index contributed by atoms with van der Waals surface area (Å²) in [7, 11) is 0. The van der Waals surface area contributed by atoms with Crippen molar-refractivity contribution in [1.82, 2.24) is 20.4 Å². The summed E-state index contributed by atoms with van der Waals surface area (Å²) >= 11 is 0. The lowest BCUT2D eigenvalue weighted by molar-refractivity contribution is 0.0919. The van der Waals surface area contributed by atoms with Crippen LogP contribution in [0.25, 0.3) is 0 Å². The summed E-state index contributed by atoms with van der Waals surface area (Å²) in [4.78, 5) is 12.9. The maximum Gasteiger partial charge on any atom is 0.272 e. The molecule has 0 spiro atoms. The first kappa shape index (κ1) is 21.5. The van der Waals surface area contributed by atoms with Gasteiger partial charge in [0.1, 0.15) is 18.9 Å². The van der Waals surface area contributed by atoms with Crippen LogP contribution in [0.3, 0.4) is 0 Å². The fraction of sp³-hybridized carbons (Fsp3) is 0.524. The number of aromatic nitrogens is 2. The molecule has 158 valence electrons. The third-order valence-electron chi connectivity index (χ3n) is 5.36. The first-order chi connectivity index (χ1) is 13.6. The molecule has 2 aliphatic heterocycles. The molecule has 0 bridgehead atoms. The Morgan fingerprint density at radius 1 is 1.24 bits per heavy atom. The van der Waals surface area contributed by atoms with Gasteiger partial charge in [-0.1, -0.05) is 19.9 Å². The molecule has 2 N–H and O–H groups in total. The molecule has 1 fully saturated rings. The van der Waals surface area contributed by atoms with Gasteiger partial charge in [0.05, 0.1) is 12.1 Å². The maximum atomic E-state index is 12.9. The number of nitrogens with zero attached hydrogens (tertiary/aromatic N) is 2. The number of fused-ring (bicyclic) bond motifs is 1. The molecular formula is C21H29ClN4O3. The number of halogens is 1. The number of nitrogens with one attached hydrogen (secondary N) is 2. The topological polar surface area (TPSA) is 77.4 Å². The van der Waals surface area contributed by atoms with E-state index >= 15 is 0 Å². The van der Waals surface area contributed by atoms with Gasteiger partial charge in [0.2, 0.25) is 0 Å². The molecule has 1 amide bonds. The number of hydrogen-bond donors (Lipinski definition) is 2. The van der Waals surface area contributed by atoms with Crippen molar-refractivity contribution < 1.29 is 14.3 Å². The Balaban J connectivity index is 0.00000240. The van der Waals surface area contributed by atoms with Crippen LogP contribution in [0.4, 0.5) is 0 Å². The molecule has 0 radical (unpaired) electrons. The summed E-state index contributed by atoms with van der Waals surface area (Å²) in [6, 6.07) is 7.84. The lowest BCUT2D eigenvalue weighted by atomic mass is 9.95. The fourth-order valence-corrected chi connectivity index (χ4v) is 3.83. The first-order valence-corrected chi connectivity index (χ1v) is 10.1. The van der Waals surface area contributed by atoms with E-state index in [1.54, 1.807) is 6.07 Å².